The summed E-state index contributed by atoms with van der Waals surface area (Å²) in [5.41, 5.74) is 2.79. The van der Waals surface area contributed by atoms with Gasteiger partial charge in [-0.2, -0.15) is 0 Å². The summed E-state index contributed by atoms with van der Waals surface area (Å²) >= 11 is 1.51. The molecule has 0 radical (unpaired) electrons. The number of hydrogen-bond acceptors (Lipinski definition) is 1. The third-order valence-electron chi connectivity index (χ3n) is 2.85. The average molecular weight is 365 g/mol. The van der Waals surface area contributed by atoms with E-state index in [1.54, 1.807) is 0 Å². The van der Waals surface area contributed by atoms with Crippen LogP contribution in [0.1, 0.15) is 12.8 Å². The fraction of sp³-hybridized carbons (Fsp3) is 0.333. The molecule has 0 aromatic heterocycles. The van der Waals surface area contributed by atoms with E-state index in [-0.39, 0.29) is 24.8 Å². The van der Waals surface area contributed by atoms with E-state index in [1.165, 1.54) is 44.3 Å². The topological polar surface area (TPSA) is 20.2 Å². The molecule has 0 unspecified atom stereocenters. The predicted octanol–water partition coefficient (Wildman–Crippen LogP) is -3.25. The first-order valence-electron chi connectivity index (χ1n) is 5.24. The third-order valence-corrected chi connectivity index (χ3v) is 5.80. The van der Waals surface area contributed by atoms with Crippen molar-refractivity contribution in [1.29, 1.82) is 0 Å². The molecule has 0 amide bonds. The molecule has 2 aliphatic carbocycles. The van der Waals surface area contributed by atoms with Gasteiger partial charge in [0.2, 0.25) is 0 Å². The van der Waals surface area contributed by atoms with Gasteiger partial charge < -0.3 is 24.8 Å². The molecular weight excluding hydrogens is 350 g/mol. The Morgan fingerprint density at radius 2 is 1.71 bits per heavy atom. The average Bonchev–Trinajstić information content (AvgIpc) is 2.69. The molecule has 2 rings (SSSR count). The van der Waals surface area contributed by atoms with Crippen molar-refractivity contribution in [1.82, 2.24) is 0 Å². The third kappa shape index (κ3) is 3.78. The van der Waals surface area contributed by atoms with Gasteiger partial charge in [0, 0.05) is 0 Å². The molecule has 1 nitrogen and oxygen atoms in total. The summed E-state index contributed by atoms with van der Waals surface area (Å²) < 4.78 is 1.52. The Labute approximate surface area is 132 Å². The predicted molar refractivity (Wildman–Crippen MR) is 61.3 cm³/mol. The minimum absolute atomic E-state index is 0. The van der Waals surface area contributed by atoms with Crippen molar-refractivity contribution >= 4 is 8.32 Å². The minimum atomic E-state index is -2.15. The molecule has 2 aliphatic rings. The Balaban J connectivity index is 0.00000128. The van der Waals surface area contributed by atoms with Gasteiger partial charge in [0.1, 0.15) is 0 Å². The maximum absolute atomic E-state index is 10.2. The molecular formula is C12H15Cl2OSiZr. The summed E-state index contributed by atoms with van der Waals surface area (Å²) in [7, 11) is -2.15. The van der Waals surface area contributed by atoms with Crippen LogP contribution in [0.25, 0.3) is 0 Å². The standard InChI is InChI=1S/C12H15OSi.2ClH.Zr/c1-14(2,13)12-9-5-8-11(12)10-6-3-4-7-10;;;/h3,5-6,9,13H,4,8H2,1-2H3;2*1H;/q;;;+2/p-2. The van der Waals surface area contributed by atoms with Crippen LogP contribution in [0, 0.1) is 0 Å². The molecule has 0 atom stereocenters. The van der Waals surface area contributed by atoms with E-state index >= 15 is 0 Å². The van der Waals surface area contributed by atoms with Crippen LogP contribution in [0.15, 0.2) is 43.9 Å². The zero-order chi connectivity index (χ0) is 11.1. The Hall–Kier alpha value is 0.600. The van der Waals surface area contributed by atoms with Crippen LogP contribution in [-0.2, 0) is 24.7 Å². The zero-order valence-electron chi connectivity index (χ0n) is 9.93. The second-order valence-corrected chi connectivity index (χ2v) is 9.70. The largest absolute Gasteiger partial charge is 1.00 e. The van der Waals surface area contributed by atoms with Crippen LogP contribution >= 0.6 is 0 Å². The molecule has 0 heterocycles. The first kappa shape index (κ1) is 17.6. The van der Waals surface area contributed by atoms with Gasteiger partial charge >= 0.3 is 108 Å². The van der Waals surface area contributed by atoms with Crippen LogP contribution in [0.2, 0.25) is 13.1 Å². The van der Waals surface area contributed by atoms with E-state index in [1.807, 2.05) is 13.1 Å². The fourth-order valence-electron chi connectivity index (χ4n) is 2.12. The van der Waals surface area contributed by atoms with Gasteiger partial charge in [0.05, 0.1) is 0 Å². The summed E-state index contributed by atoms with van der Waals surface area (Å²) in [6.45, 7) is 4.00. The van der Waals surface area contributed by atoms with Crippen molar-refractivity contribution in [2.45, 2.75) is 25.9 Å². The second-order valence-electron chi connectivity index (χ2n) is 4.56. The number of allylic oxidation sites excluding steroid dienone is 8. The van der Waals surface area contributed by atoms with E-state index in [0.717, 1.165) is 12.8 Å². The molecule has 0 aromatic rings. The summed E-state index contributed by atoms with van der Waals surface area (Å²) in [5, 5.41) is 1.23. The van der Waals surface area contributed by atoms with Gasteiger partial charge in [-0.3, -0.25) is 0 Å². The maximum Gasteiger partial charge on any atom is -1.00 e. The van der Waals surface area contributed by atoms with Crippen molar-refractivity contribution in [3.8, 4) is 0 Å². The van der Waals surface area contributed by atoms with Crippen molar-refractivity contribution in [2.24, 2.45) is 0 Å². The number of rotatable bonds is 2. The van der Waals surface area contributed by atoms with E-state index in [9.17, 15) is 4.80 Å². The van der Waals surface area contributed by atoms with Crippen LogP contribution in [0.3, 0.4) is 0 Å². The van der Waals surface area contributed by atoms with Crippen molar-refractivity contribution < 1.29 is 54.3 Å². The van der Waals surface area contributed by atoms with Crippen molar-refractivity contribution in [2.75, 3.05) is 0 Å². The van der Waals surface area contributed by atoms with Crippen LogP contribution in [-0.4, -0.2) is 13.1 Å². The smallest absolute Gasteiger partial charge is 1.00 e. The zero-order valence-corrected chi connectivity index (χ0v) is 14.9. The van der Waals surface area contributed by atoms with Crippen LogP contribution < -0.4 is 24.8 Å². The molecule has 5 heteroatoms. The van der Waals surface area contributed by atoms with Gasteiger partial charge in [-0.25, -0.2) is 0 Å². The molecule has 0 aromatic carbocycles. The van der Waals surface area contributed by atoms with Crippen molar-refractivity contribution in [3.63, 3.8) is 0 Å². The van der Waals surface area contributed by atoms with Gasteiger partial charge in [-0.05, 0) is 0 Å². The molecule has 0 spiro atoms. The molecule has 17 heavy (non-hydrogen) atoms. The SMILES string of the molecule is C[Si](C)(O)C1=C(C2=[C]([Zr+2])CC=C2)CC=C1.[Cl-].[Cl-]. The normalized spacial score (nSPS) is 18.6. The van der Waals surface area contributed by atoms with E-state index in [2.05, 4.69) is 24.3 Å². The monoisotopic (exact) mass is 363 g/mol. The summed E-state index contributed by atoms with van der Waals surface area (Å²) in [4.78, 5) is 10.2. The van der Waals surface area contributed by atoms with E-state index in [4.69, 9.17) is 0 Å². The summed E-state index contributed by atoms with van der Waals surface area (Å²) in [6.07, 6.45) is 10.9. The van der Waals surface area contributed by atoms with E-state index < -0.39 is 8.32 Å². The summed E-state index contributed by atoms with van der Waals surface area (Å²) in [6, 6.07) is 0. The second kappa shape index (κ2) is 6.68. The molecule has 0 aliphatic heterocycles. The molecule has 0 saturated heterocycles. The molecule has 1 N–H and O–H groups in total. The first-order chi connectivity index (χ1) is 7.00. The van der Waals surface area contributed by atoms with Crippen LogP contribution in [0.4, 0.5) is 0 Å². The fourth-order valence-corrected chi connectivity index (χ4v) is 4.49. The molecule has 0 fully saturated rings. The first-order valence-corrected chi connectivity index (χ1v) is 9.42. The number of halogens is 2. The molecule has 0 bridgehead atoms. The Bertz CT molecular complexity index is 417. The Kier molecular flexibility index (Phi) is 6.91. The van der Waals surface area contributed by atoms with Gasteiger partial charge in [0.15, 0.2) is 0 Å². The van der Waals surface area contributed by atoms with Gasteiger partial charge in [-0.1, -0.05) is 0 Å². The Morgan fingerprint density at radius 3 is 2.18 bits per heavy atom. The van der Waals surface area contributed by atoms with Crippen molar-refractivity contribution in [3.05, 3.63) is 43.9 Å². The molecule has 91 valence electrons. The van der Waals surface area contributed by atoms with Gasteiger partial charge in [0.25, 0.3) is 0 Å². The van der Waals surface area contributed by atoms with E-state index in [0.29, 0.717) is 0 Å². The Morgan fingerprint density at radius 1 is 1.12 bits per heavy atom. The summed E-state index contributed by atoms with van der Waals surface area (Å²) in [5.74, 6) is 0. The maximum atomic E-state index is 10.2. The quantitative estimate of drug-likeness (QED) is 0.510. The number of hydrogen-bond donors (Lipinski definition) is 1. The minimum Gasteiger partial charge on any atom is -1.00 e. The molecule has 0 saturated carbocycles. The van der Waals surface area contributed by atoms with Gasteiger partial charge in [-0.15, -0.1) is 0 Å². The van der Waals surface area contributed by atoms with Crippen LogP contribution in [0.5, 0.6) is 0 Å².